The van der Waals surface area contributed by atoms with E-state index < -0.39 is 5.60 Å². The second kappa shape index (κ2) is 5.78. The number of aliphatic hydroxyl groups is 1. The van der Waals surface area contributed by atoms with Gasteiger partial charge in [0.15, 0.2) is 0 Å². The van der Waals surface area contributed by atoms with Crippen LogP contribution in [-0.4, -0.2) is 21.3 Å². The zero-order valence-corrected chi connectivity index (χ0v) is 13.8. The molecule has 3 nitrogen and oxygen atoms in total. The number of benzene rings is 2. The summed E-state index contributed by atoms with van der Waals surface area (Å²) < 4.78 is 0. The van der Waals surface area contributed by atoms with Gasteiger partial charge in [-0.25, -0.2) is 4.98 Å². The van der Waals surface area contributed by atoms with Crippen LogP contribution in [0.2, 0.25) is 0 Å². The lowest BCUT2D eigenvalue weighted by Gasteiger charge is -2.31. The van der Waals surface area contributed by atoms with Crippen LogP contribution in [-0.2, 0) is 5.60 Å². The zero-order valence-electron chi connectivity index (χ0n) is 13.0. The van der Waals surface area contributed by atoms with Gasteiger partial charge < -0.3 is 10.1 Å². The van der Waals surface area contributed by atoms with Crippen molar-refractivity contribution in [3.63, 3.8) is 0 Å². The van der Waals surface area contributed by atoms with Crippen molar-refractivity contribution in [2.24, 2.45) is 5.92 Å². The third-order valence-corrected chi connectivity index (χ3v) is 4.94. The molecule has 0 fully saturated rings. The van der Waals surface area contributed by atoms with Gasteiger partial charge in [-0.2, -0.15) is 0 Å². The number of rotatable bonds is 4. The summed E-state index contributed by atoms with van der Waals surface area (Å²) in [7, 11) is 0. The van der Waals surface area contributed by atoms with E-state index in [-0.39, 0.29) is 5.92 Å². The normalized spacial score (nSPS) is 14.4. The first-order chi connectivity index (χ1) is 10.6. The molecule has 3 aromatic rings. The standard InChI is InChI=1S/C18H20N2OS/c1-12(2)18(21,17-10-19-11-20-17)15-6-4-14-9-16(22-3)7-5-13(14)8-15/h4-12,21H,1-3H3,(H,19,20). The van der Waals surface area contributed by atoms with Gasteiger partial charge in [0.05, 0.1) is 12.0 Å². The molecule has 1 aromatic heterocycles. The summed E-state index contributed by atoms with van der Waals surface area (Å²) in [5, 5.41) is 13.6. The van der Waals surface area contributed by atoms with Crippen LogP contribution < -0.4 is 0 Å². The molecule has 0 amide bonds. The number of aromatic amines is 1. The van der Waals surface area contributed by atoms with Crippen molar-refractivity contribution in [1.82, 2.24) is 9.97 Å². The van der Waals surface area contributed by atoms with Crippen LogP contribution in [0.1, 0.15) is 25.1 Å². The number of hydrogen-bond donors (Lipinski definition) is 2. The summed E-state index contributed by atoms with van der Waals surface area (Å²) in [6.07, 6.45) is 5.44. The molecule has 4 heteroatoms. The predicted octanol–water partition coefficient (Wildman–Crippen LogP) is 4.18. The number of imidazole rings is 1. The van der Waals surface area contributed by atoms with E-state index in [1.807, 2.05) is 19.9 Å². The van der Waals surface area contributed by atoms with Crippen molar-refractivity contribution < 1.29 is 5.11 Å². The average Bonchev–Trinajstić information content (AvgIpc) is 3.07. The van der Waals surface area contributed by atoms with E-state index >= 15 is 0 Å². The molecule has 0 bridgehead atoms. The Morgan fingerprint density at radius 3 is 2.50 bits per heavy atom. The van der Waals surface area contributed by atoms with Gasteiger partial charge in [0, 0.05) is 11.1 Å². The summed E-state index contributed by atoms with van der Waals surface area (Å²) in [5.41, 5.74) is 0.438. The summed E-state index contributed by atoms with van der Waals surface area (Å²) >= 11 is 1.73. The van der Waals surface area contributed by atoms with Crippen LogP contribution in [0, 0.1) is 5.92 Å². The number of fused-ring (bicyclic) bond motifs is 1. The first kappa shape index (κ1) is 15.1. The molecule has 114 valence electrons. The predicted molar refractivity (Wildman–Crippen MR) is 92.2 cm³/mol. The molecule has 2 aromatic carbocycles. The molecule has 0 aliphatic rings. The summed E-state index contributed by atoms with van der Waals surface area (Å²) in [5.74, 6) is 0.0127. The van der Waals surface area contributed by atoms with E-state index in [1.54, 1.807) is 24.3 Å². The topological polar surface area (TPSA) is 48.9 Å². The van der Waals surface area contributed by atoms with Crippen molar-refractivity contribution in [1.29, 1.82) is 0 Å². The Hall–Kier alpha value is -1.78. The van der Waals surface area contributed by atoms with Gasteiger partial charge in [-0.1, -0.05) is 32.0 Å². The minimum absolute atomic E-state index is 0.0127. The molecule has 0 saturated carbocycles. The van der Waals surface area contributed by atoms with E-state index in [2.05, 4.69) is 46.6 Å². The fourth-order valence-electron chi connectivity index (χ4n) is 2.83. The van der Waals surface area contributed by atoms with Gasteiger partial charge in [0.25, 0.3) is 0 Å². The van der Waals surface area contributed by atoms with Gasteiger partial charge in [0.1, 0.15) is 5.60 Å². The Morgan fingerprint density at radius 1 is 1.14 bits per heavy atom. The maximum absolute atomic E-state index is 11.3. The Kier molecular flexibility index (Phi) is 3.98. The lowest BCUT2D eigenvalue weighted by atomic mass is 9.80. The van der Waals surface area contributed by atoms with Crippen molar-refractivity contribution in [2.75, 3.05) is 6.26 Å². The molecule has 0 aliphatic heterocycles. The average molecular weight is 312 g/mol. The summed E-state index contributed by atoms with van der Waals surface area (Å²) in [6, 6.07) is 12.5. The van der Waals surface area contributed by atoms with E-state index in [0.717, 1.165) is 10.9 Å². The largest absolute Gasteiger partial charge is 0.378 e. The van der Waals surface area contributed by atoms with Gasteiger partial charge in [-0.15, -0.1) is 11.8 Å². The van der Waals surface area contributed by atoms with Crippen LogP contribution in [0.5, 0.6) is 0 Å². The highest BCUT2D eigenvalue weighted by Crippen LogP contribution is 2.37. The molecule has 0 radical (unpaired) electrons. The molecule has 2 N–H and O–H groups in total. The highest BCUT2D eigenvalue weighted by molar-refractivity contribution is 7.98. The van der Waals surface area contributed by atoms with Crippen molar-refractivity contribution in [3.8, 4) is 0 Å². The second-order valence-corrected chi connectivity index (χ2v) is 6.68. The Balaban J connectivity index is 2.15. The molecular weight excluding hydrogens is 292 g/mol. The van der Waals surface area contributed by atoms with Crippen molar-refractivity contribution in [3.05, 3.63) is 60.2 Å². The molecule has 0 spiro atoms. The van der Waals surface area contributed by atoms with Gasteiger partial charge in [-0.05, 0) is 46.7 Å². The van der Waals surface area contributed by atoms with E-state index in [4.69, 9.17) is 0 Å². The lowest BCUT2D eigenvalue weighted by Crippen LogP contribution is -2.33. The Morgan fingerprint density at radius 2 is 1.86 bits per heavy atom. The molecular formula is C18H20N2OS. The number of hydrogen-bond acceptors (Lipinski definition) is 3. The quantitative estimate of drug-likeness (QED) is 0.711. The third kappa shape index (κ3) is 2.42. The van der Waals surface area contributed by atoms with Crippen molar-refractivity contribution in [2.45, 2.75) is 24.3 Å². The van der Waals surface area contributed by atoms with Crippen LogP contribution in [0.4, 0.5) is 0 Å². The van der Waals surface area contributed by atoms with E-state index in [0.29, 0.717) is 5.69 Å². The highest BCUT2D eigenvalue weighted by atomic mass is 32.2. The molecule has 1 atom stereocenters. The van der Waals surface area contributed by atoms with Gasteiger partial charge in [-0.3, -0.25) is 0 Å². The van der Waals surface area contributed by atoms with Gasteiger partial charge in [0.2, 0.25) is 0 Å². The zero-order chi connectivity index (χ0) is 15.7. The maximum Gasteiger partial charge on any atom is 0.135 e. The first-order valence-corrected chi connectivity index (χ1v) is 8.58. The fraction of sp³-hybridized carbons (Fsp3) is 0.278. The number of nitrogens with zero attached hydrogens (tertiary/aromatic N) is 1. The van der Waals surface area contributed by atoms with Crippen LogP contribution in [0.25, 0.3) is 10.8 Å². The lowest BCUT2D eigenvalue weighted by molar-refractivity contribution is 0.0281. The maximum atomic E-state index is 11.3. The Labute approximate surface area is 134 Å². The fourth-order valence-corrected chi connectivity index (χ4v) is 3.28. The number of H-pyrrole nitrogens is 1. The molecule has 3 rings (SSSR count). The van der Waals surface area contributed by atoms with Crippen LogP contribution in [0.15, 0.2) is 53.8 Å². The number of aromatic nitrogens is 2. The summed E-state index contributed by atoms with van der Waals surface area (Å²) in [6.45, 7) is 4.02. The van der Waals surface area contributed by atoms with E-state index in [9.17, 15) is 5.11 Å². The highest BCUT2D eigenvalue weighted by Gasteiger charge is 2.37. The third-order valence-electron chi connectivity index (χ3n) is 4.21. The monoisotopic (exact) mass is 312 g/mol. The second-order valence-electron chi connectivity index (χ2n) is 5.80. The summed E-state index contributed by atoms with van der Waals surface area (Å²) in [4.78, 5) is 8.47. The van der Waals surface area contributed by atoms with Crippen LogP contribution >= 0.6 is 11.8 Å². The van der Waals surface area contributed by atoms with Crippen LogP contribution in [0.3, 0.4) is 0 Å². The van der Waals surface area contributed by atoms with E-state index in [1.165, 1.54) is 10.3 Å². The molecule has 1 heterocycles. The molecule has 0 aliphatic carbocycles. The Bertz CT molecular complexity index is 783. The minimum atomic E-state index is -1.09. The number of nitrogens with one attached hydrogen (secondary N) is 1. The molecule has 1 unspecified atom stereocenters. The SMILES string of the molecule is CSc1ccc2cc(C(O)(c3c[nH]cn3)C(C)C)ccc2c1. The van der Waals surface area contributed by atoms with Gasteiger partial charge >= 0.3 is 0 Å². The minimum Gasteiger partial charge on any atom is -0.378 e. The smallest absolute Gasteiger partial charge is 0.135 e. The molecule has 22 heavy (non-hydrogen) atoms. The van der Waals surface area contributed by atoms with Crippen molar-refractivity contribution >= 4 is 22.5 Å². The molecule has 0 saturated heterocycles. The first-order valence-electron chi connectivity index (χ1n) is 7.35. The number of thioether (sulfide) groups is 1.